The number of likely N-dealkylation sites (tertiary alicyclic amines) is 1. The van der Waals surface area contributed by atoms with Gasteiger partial charge in [0.05, 0.1) is 24.8 Å². The summed E-state index contributed by atoms with van der Waals surface area (Å²) in [6.07, 6.45) is 2.45. The van der Waals surface area contributed by atoms with Crippen LogP contribution in [0.5, 0.6) is 0 Å². The van der Waals surface area contributed by atoms with Crippen molar-refractivity contribution in [3.63, 3.8) is 0 Å². The van der Waals surface area contributed by atoms with Crippen molar-refractivity contribution in [1.29, 1.82) is 0 Å². The van der Waals surface area contributed by atoms with Crippen molar-refractivity contribution in [2.75, 3.05) is 26.2 Å². The molecule has 9 nitrogen and oxygen atoms in total. The van der Waals surface area contributed by atoms with Crippen LogP contribution in [-0.4, -0.2) is 64.4 Å². The quantitative estimate of drug-likeness (QED) is 0.794. The second-order valence-electron chi connectivity index (χ2n) is 7.21. The third kappa shape index (κ3) is 3.34. The summed E-state index contributed by atoms with van der Waals surface area (Å²) in [5, 5.41) is 13.4. The van der Waals surface area contributed by atoms with Crippen molar-refractivity contribution in [3.8, 4) is 0 Å². The molecule has 0 bridgehead atoms. The van der Waals surface area contributed by atoms with Gasteiger partial charge in [-0.25, -0.2) is 0 Å². The van der Waals surface area contributed by atoms with Gasteiger partial charge in [0.25, 0.3) is 5.91 Å². The highest BCUT2D eigenvalue weighted by Crippen LogP contribution is 2.41. The number of carbonyl (C=O) groups excluding carboxylic acids is 2. The first-order valence-corrected chi connectivity index (χ1v) is 8.62. The van der Waals surface area contributed by atoms with Crippen molar-refractivity contribution in [3.05, 3.63) is 35.5 Å². The number of amides is 2. The number of rotatable bonds is 5. The Morgan fingerprint density at radius 1 is 1.46 bits per heavy atom. The molecule has 2 fully saturated rings. The van der Waals surface area contributed by atoms with E-state index in [1.165, 1.54) is 6.26 Å². The van der Waals surface area contributed by atoms with Crippen LogP contribution in [0.2, 0.25) is 0 Å². The van der Waals surface area contributed by atoms with Gasteiger partial charge in [-0.2, -0.15) is 5.10 Å². The molecule has 0 saturated carbocycles. The van der Waals surface area contributed by atoms with Crippen molar-refractivity contribution >= 4 is 11.8 Å². The van der Waals surface area contributed by atoms with Crippen molar-refractivity contribution in [2.45, 2.75) is 25.9 Å². The Balaban J connectivity index is 1.22. The van der Waals surface area contributed by atoms with Gasteiger partial charge >= 0.3 is 0 Å². The molecule has 1 unspecified atom stereocenters. The van der Waals surface area contributed by atoms with Gasteiger partial charge in [-0.15, -0.1) is 0 Å². The van der Waals surface area contributed by atoms with Crippen LogP contribution >= 0.6 is 0 Å². The van der Waals surface area contributed by atoms with E-state index in [0.29, 0.717) is 37.6 Å². The van der Waals surface area contributed by atoms with Gasteiger partial charge in [0.1, 0.15) is 12.0 Å². The summed E-state index contributed by atoms with van der Waals surface area (Å²) in [5.74, 6) is -0.160. The number of hydrogen-bond acceptors (Lipinski definition) is 6. The van der Waals surface area contributed by atoms with E-state index in [4.69, 9.17) is 9.26 Å². The fourth-order valence-electron chi connectivity index (χ4n) is 3.63. The third-order valence-corrected chi connectivity index (χ3v) is 4.91. The van der Waals surface area contributed by atoms with Crippen LogP contribution in [0.4, 0.5) is 0 Å². The van der Waals surface area contributed by atoms with E-state index in [9.17, 15) is 9.59 Å². The molecule has 2 aromatic rings. The molecule has 138 valence electrons. The van der Waals surface area contributed by atoms with E-state index in [2.05, 4.69) is 20.7 Å². The molecule has 4 heterocycles. The van der Waals surface area contributed by atoms with E-state index >= 15 is 0 Å². The summed E-state index contributed by atoms with van der Waals surface area (Å²) in [4.78, 5) is 26.1. The van der Waals surface area contributed by atoms with Crippen LogP contribution in [0.15, 0.2) is 22.9 Å². The minimum atomic E-state index is -0.109. The normalized spacial score (nSPS) is 21.0. The lowest BCUT2D eigenvalue weighted by atomic mass is 9.77. The summed E-state index contributed by atoms with van der Waals surface area (Å²) in [5.41, 5.74) is 1.93. The fraction of sp³-hybridized carbons (Fsp3) is 0.529. The predicted molar refractivity (Wildman–Crippen MR) is 89.2 cm³/mol. The molecule has 2 aliphatic rings. The van der Waals surface area contributed by atoms with Crippen LogP contribution < -0.4 is 5.32 Å². The number of hydrogen-bond donors (Lipinski definition) is 2. The van der Waals surface area contributed by atoms with Gasteiger partial charge in [0.15, 0.2) is 0 Å². The number of H-pyrrole nitrogens is 1. The molecule has 9 heteroatoms. The molecule has 1 atom stereocenters. The molecule has 2 saturated heterocycles. The third-order valence-electron chi connectivity index (χ3n) is 4.91. The maximum absolute atomic E-state index is 12.4. The van der Waals surface area contributed by atoms with E-state index in [1.807, 2.05) is 6.92 Å². The molecule has 2 amide bonds. The number of aryl methyl sites for hydroxylation is 1. The standard InChI is InChI=1S/C17H21N5O4/c1-11-4-14(20-19-11)16(24)22-8-17(9-22)6-13(25-10-17)7-18-15(23)5-12-2-3-26-21-12/h2-4,13H,5-10H2,1H3,(H,18,23)(H,19,20). The average Bonchev–Trinajstić information content (AvgIpc) is 3.31. The highest BCUT2D eigenvalue weighted by Gasteiger charge is 2.51. The topological polar surface area (TPSA) is 113 Å². The first-order valence-electron chi connectivity index (χ1n) is 8.62. The predicted octanol–water partition coefficient (Wildman–Crippen LogP) is 0.296. The minimum Gasteiger partial charge on any atom is -0.376 e. The second kappa shape index (κ2) is 6.56. The smallest absolute Gasteiger partial charge is 0.274 e. The Kier molecular flexibility index (Phi) is 4.23. The summed E-state index contributed by atoms with van der Waals surface area (Å²) in [6.45, 7) is 4.28. The molecule has 2 N–H and O–H groups in total. The van der Waals surface area contributed by atoms with Crippen LogP contribution in [-0.2, 0) is 16.0 Å². The van der Waals surface area contributed by atoms with Crippen LogP contribution in [0, 0.1) is 12.3 Å². The number of carbonyl (C=O) groups is 2. The van der Waals surface area contributed by atoms with Crippen LogP contribution in [0.3, 0.4) is 0 Å². The summed E-state index contributed by atoms with van der Waals surface area (Å²) in [6, 6.07) is 3.42. The Morgan fingerprint density at radius 2 is 2.31 bits per heavy atom. The van der Waals surface area contributed by atoms with Crippen molar-refractivity contribution in [2.24, 2.45) is 5.41 Å². The lowest BCUT2D eigenvalue weighted by Gasteiger charge is -2.46. The lowest BCUT2D eigenvalue weighted by molar-refractivity contribution is -0.121. The SMILES string of the molecule is Cc1cc(C(=O)N2CC3(COC(CNC(=O)Cc4ccon4)C3)C2)n[nH]1. The monoisotopic (exact) mass is 359 g/mol. The zero-order chi connectivity index (χ0) is 18.1. The molecule has 0 aliphatic carbocycles. The van der Waals surface area contributed by atoms with Gasteiger partial charge in [-0.05, 0) is 19.4 Å². The average molecular weight is 359 g/mol. The summed E-state index contributed by atoms with van der Waals surface area (Å²) >= 11 is 0. The second-order valence-corrected chi connectivity index (χ2v) is 7.21. The summed E-state index contributed by atoms with van der Waals surface area (Å²) in [7, 11) is 0. The van der Waals surface area contributed by atoms with Gasteiger partial charge in [0.2, 0.25) is 5.91 Å². The summed E-state index contributed by atoms with van der Waals surface area (Å²) < 4.78 is 10.5. The van der Waals surface area contributed by atoms with E-state index in [1.54, 1.807) is 17.0 Å². The number of nitrogens with one attached hydrogen (secondary N) is 2. The molecule has 4 rings (SSSR count). The highest BCUT2D eigenvalue weighted by molar-refractivity contribution is 5.93. The van der Waals surface area contributed by atoms with Crippen LogP contribution in [0.25, 0.3) is 0 Å². The Morgan fingerprint density at radius 3 is 3.00 bits per heavy atom. The van der Waals surface area contributed by atoms with Crippen molar-refractivity contribution < 1.29 is 18.8 Å². The van der Waals surface area contributed by atoms with E-state index < -0.39 is 0 Å². The zero-order valence-electron chi connectivity index (χ0n) is 14.5. The molecule has 0 aromatic carbocycles. The first kappa shape index (κ1) is 16.8. The van der Waals surface area contributed by atoms with E-state index in [0.717, 1.165) is 12.1 Å². The lowest BCUT2D eigenvalue weighted by Crippen LogP contribution is -2.59. The molecular formula is C17H21N5O4. The largest absolute Gasteiger partial charge is 0.376 e. The maximum atomic E-state index is 12.4. The fourth-order valence-corrected chi connectivity index (χ4v) is 3.63. The molecule has 26 heavy (non-hydrogen) atoms. The highest BCUT2D eigenvalue weighted by atomic mass is 16.5. The van der Waals surface area contributed by atoms with Gasteiger partial charge in [-0.1, -0.05) is 5.16 Å². The maximum Gasteiger partial charge on any atom is 0.274 e. The Labute approximate surface area is 150 Å². The first-order chi connectivity index (χ1) is 12.5. The van der Waals surface area contributed by atoms with Crippen LogP contribution in [0.1, 0.15) is 28.3 Å². The zero-order valence-corrected chi connectivity index (χ0v) is 14.5. The number of aromatic nitrogens is 3. The Bertz CT molecular complexity index is 794. The van der Waals surface area contributed by atoms with Gasteiger partial charge in [-0.3, -0.25) is 14.7 Å². The minimum absolute atomic E-state index is 0.00250. The molecule has 2 aromatic heterocycles. The number of nitrogens with zero attached hydrogens (tertiary/aromatic N) is 3. The molecule has 1 spiro atoms. The van der Waals surface area contributed by atoms with Gasteiger partial charge in [0, 0.05) is 36.8 Å². The molecular weight excluding hydrogens is 338 g/mol. The molecule has 2 aliphatic heterocycles. The van der Waals surface area contributed by atoms with E-state index in [-0.39, 0.29) is 29.8 Å². The Hall–Kier alpha value is -2.68. The van der Waals surface area contributed by atoms with Crippen molar-refractivity contribution in [1.82, 2.24) is 25.6 Å². The number of ether oxygens (including phenoxy) is 1. The number of aromatic amines is 1. The van der Waals surface area contributed by atoms with Gasteiger partial charge < -0.3 is 19.5 Å². The molecule has 0 radical (unpaired) electrons.